The number of amides is 2. The fourth-order valence-electron chi connectivity index (χ4n) is 5.95. The van der Waals surface area contributed by atoms with Crippen molar-refractivity contribution in [1.29, 1.82) is 0 Å². The Morgan fingerprint density at radius 2 is 1.23 bits per heavy atom. The minimum Gasteiger partial charge on any atom is -0.465 e. The number of anilines is 1. The van der Waals surface area contributed by atoms with E-state index in [0.717, 1.165) is 22.3 Å². The van der Waals surface area contributed by atoms with E-state index in [-0.39, 0.29) is 23.7 Å². The third kappa shape index (κ3) is 3.19. The van der Waals surface area contributed by atoms with E-state index in [2.05, 4.69) is 36.4 Å². The molecule has 2 fully saturated rings. The predicted molar refractivity (Wildman–Crippen MR) is 132 cm³/mol. The first-order chi connectivity index (χ1) is 17.1. The third-order valence-electron chi connectivity index (χ3n) is 7.35. The lowest BCUT2D eigenvalue weighted by Crippen LogP contribution is -2.33. The van der Waals surface area contributed by atoms with Crippen molar-refractivity contribution in [1.82, 2.24) is 0 Å². The molecule has 1 saturated carbocycles. The molecule has 35 heavy (non-hydrogen) atoms. The zero-order chi connectivity index (χ0) is 24.1. The van der Waals surface area contributed by atoms with Crippen LogP contribution in [0.1, 0.15) is 21.5 Å². The maximum absolute atomic E-state index is 13.7. The van der Waals surface area contributed by atoms with Gasteiger partial charge in [-0.05, 0) is 40.5 Å². The smallest absolute Gasteiger partial charge is 0.337 e. The van der Waals surface area contributed by atoms with E-state index in [1.165, 1.54) is 12.0 Å². The molecule has 6 rings (SSSR count). The van der Waals surface area contributed by atoms with E-state index in [9.17, 15) is 14.4 Å². The van der Waals surface area contributed by atoms with Crippen LogP contribution in [-0.2, 0) is 14.3 Å². The van der Waals surface area contributed by atoms with Crippen LogP contribution in [-0.4, -0.2) is 24.9 Å². The van der Waals surface area contributed by atoms with E-state index in [4.69, 9.17) is 4.74 Å². The molecule has 5 heteroatoms. The summed E-state index contributed by atoms with van der Waals surface area (Å²) in [5.41, 5.74) is 5.11. The molecule has 1 aliphatic heterocycles. The number of carbonyl (C=O) groups is 3. The molecule has 0 aromatic heterocycles. The zero-order valence-corrected chi connectivity index (χ0v) is 19.1. The minimum absolute atomic E-state index is 0.148. The van der Waals surface area contributed by atoms with Crippen molar-refractivity contribution in [2.75, 3.05) is 12.0 Å². The summed E-state index contributed by atoms with van der Waals surface area (Å²) in [6.07, 6.45) is 4.18. The van der Waals surface area contributed by atoms with Gasteiger partial charge in [0, 0.05) is 11.8 Å². The summed E-state index contributed by atoms with van der Waals surface area (Å²) in [7, 11) is 1.31. The maximum Gasteiger partial charge on any atom is 0.337 e. The van der Waals surface area contributed by atoms with E-state index >= 15 is 0 Å². The normalized spacial score (nSPS) is 24.1. The molecular weight excluding hydrogens is 438 g/mol. The Morgan fingerprint density at radius 3 is 1.74 bits per heavy atom. The van der Waals surface area contributed by atoms with E-state index in [1.54, 1.807) is 24.3 Å². The molecule has 3 aromatic carbocycles. The number of allylic oxidation sites excluding steroid dienone is 3. The summed E-state index contributed by atoms with van der Waals surface area (Å²) in [4.78, 5) is 40.7. The average molecular weight is 462 g/mol. The predicted octanol–water partition coefficient (Wildman–Crippen LogP) is 4.90. The molecule has 172 valence electrons. The number of hydrogen-bond acceptors (Lipinski definition) is 4. The Bertz CT molecular complexity index is 1330. The van der Waals surface area contributed by atoms with Gasteiger partial charge in [-0.25, -0.2) is 9.69 Å². The number of rotatable bonds is 4. The number of nitrogens with zero attached hydrogens (tertiary/aromatic N) is 1. The van der Waals surface area contributed by atoms with Crippen molar-refractivity contribution in [3.8, 4) is 0 Å². The Balaban J connectivity index is 1.45. The largest absolute Gasteiger partial charge is 0.465 e. The number of ether oxygens (including phenoxy) is 1. The van der Waals surface area contributed by atoms with Crippen LogP contribution < -0.4 is 4.90 Å². The van der Waals surface area contributed by atoms with Crippen LogP contribution >= 0.6 is 0 Å². The van der Waals surface area contributed by atoms with Crippen LogP contribution in [0.2, 0.25) is 0 Å². The SMILES string of the molecule is COC(=O)c1cccc(N2C(=O)[C@@H]3[C@@H](C2=O)[C@H]2C=C[C@H]3C2=C(c2ccccc2)c2ccccc2)c1. The van der Waals surface area contributed by atoms with Crippen LogP contribution in [0, 0.1) is 23.7 Å². The first-order valence-electron chi connectivity index (χ1n) is 11.7. The molecule has 3 aliphatic rings. The first kappa shape index (κ1) is 21.3. The second-order valence-corrected chi connectivity index (χ2v) is 9.10. The molecule has 4 atom stereocenters. The molecule has 0 unspecified atom stereocenters. The van der Waals surface area contributed by atoms with E-state index < -0.39 is 17.8 Å². The topological polar surface area (TPSA) is 63.7 Å². The van der Waals surface area contributed by atoms with Crippen LogP contribution in [0.5, 0.6) is 0 Å². The molecule has 0 spiro atoms. The summed E-state index contributed by atoms with van der Waals surface area (Å²) in [6, 6.07) is 26.8. The van der Waals surface area contributed by atoms with Crippen molar-refractivity contribution in [3.63, 3.8) is 0 Å². The molecule has 1 heterocycles. The van der Waals surface area contributed by atoms with Gasteiger partial charge in [-0.3, -0.25) is 9.59 Å². The number of hydrogen-bond donors (Lipinski definition) is 0. The number of esters is 1. The van der Waals surface area contributed by atoms with Crippen molar-refractivity contribution < 1.29 is 19.1 Å². The number of fused-ring (bicyclic) bond motifs is 5. The summed E-state index contributed by atoms with van der Waals surface area (Å²) in [5, 5.41) is 0. The van der Waals surface area contributed by atoms with Crippen molar-refractivity contribution in [2.24, 2.45) is 23.7 Å². The second-order valence-electron chi connectivity index (χ2n) is 9.10. The molecule has 2 amide bonds. The monoisotopic (exact) mass is 461 g/mol. The summed E-state index contributed by atoms with van der Waals surface area (Å²) < 4.78 is 4.81. The van der Waals surface area contributed by atoms with Gasteiger partial charge in [0.15, 0.2) is 0 Å². The number of benzene rings is 3. The Morgan fingerprint density at radius 1 is 0.714 bits per heavy atom. The van der Waals surface area contributed by atoms with Crippen LogP contribution in [0.3, 0.4) is 0 Å². The Hall–Kier alpha value is -4.25. The highest BCUT2D eigenvalue weighted by Gasteiger charge is 2.62. The van der Waals surface area contributed by atoms with Gasteiger partial charge < -0.3 is 4.74 Å². The molecule has 0 radical (unpaired) electrons. The van der Waals surface area contributed by atoms with Crippen LogP contribution in [0.25, 0.3) is 5.57 Å². The van der Waals surface area contributed by atoms with Gasteiger partial charge in [0.2, 0.25) is 11.8 Å². The van der Waals surface area contributed by atoms with Crippen molar-refractivity contribution in [3.05, 3.63) is 119 Å². The van der Waals surface area contributed by atoms with Gasteiger partial charge in [-0.1, -0.05) is 78.9 Å². The fourth-order valence-corrected chi connectivity index (χ4v) is 5.95. The van der Waals surface area contributed by atoms with Crippen LogP contribution in [0.4, 0.5) is 5.69 Å². The lowest BCUT2D eigenvalue weighted by molar-refractivity contribution is -0.122. The molecular formula is C30H23NO4. The second kappa shape index (κ2) is 8.20. The van der Waals surface area contributed by atoms with Gasteiger partial charge in [0.1, 0.15) is 0 Å². The quantitative estimate of drug-likeness (QED) is 0.315. The molecule has 1 saturated heterocycles. The van der Waals surface area contributed by atoms with E-state index in [0.29, 0.717) is 11.3 Å². The van der Waals surface area contributed by atoms with Gasteiger partial charge in [-0.2, -0.15) is 0 Å². The van der Waals surface area contributed by atoms with Crippen molar-refractivity contribution in [2.45, 2.75) is 0 Å². The third-order valence-corrected chi connectivity index (χ3v) is 7.35. The molecule has 2 aliphatic carbocycles. The lowest BCUT2D eigenvalue weighted by atomic mass is 9.85. The van der Waals surface area contributed by atoms with Gasteiger partial charge in [0.05, 0.1) is 30.2 Å². The van der Waals surface area contributed by atoms with Gasteiger partial charge in [0.25, 0.3) is 0 Å². The lowest BCUT2D eigenvalue weighted by Gasteiger charge is -2.22. The number of imide groups is 1. The van der Waals surface area contributed by atoms with Crippen molar-refractivity contribution >= 4 is 29.0 Å². The zero-order valence-electron chi connectivity index (χ0n) is 19.1. The number of methoxy groups -OCH3 is 1. The van der Waals surface area contributed by atoms with E-state index in [1.807, 2.05) is 36.4 Å². The summed E-state index contributed by atoms with van der Waals surface area (Å²) in [6.45, 7) is 0. The first-order valence-corrected chi connectivity index (χ1v) is 11.7. The molecule has 2 bridgehead atoms. The number of carbonyl (C=O) groups excluding carboxylic acids is 3. The highest BCUT2D eigenvalue weighted by molar-refractivity contribution is 6.23. The highest BCUT2D eigenvalue weighted by Crippen LogP contribution is 2.58. The average Bonchev–Trinajstić information content (AvgIpc) is 3.54. The minimum atomic E-state index is -0.506. The Kier molecular flexibility index (Phi) is 4.99. The van der Waals surface area contributed by atoms with Crippen LogP contribution in [0.15, 0.2) is 103 Å². The fraction of sp³-hybridized carbons (Fsp3) is 0.167. The molecule has 3 aromatic rings. The molecule has 0 N–H and O–H groups in total. The molecule has 5 nitrogen and oxygen atoms in total. The summed E-state index contributed by atoms with van der Waals surface area (Å²) in [5.74, 6) is -2.12. The summed E-state index contributed by atoms with van der Waals surface area (Å²) >= 11 is 0. The maximum atomic E-state index is 13.7. The Labute approximate surface area is 203 Å². The van der Waals surface area contributed by atoms with Gasteiger partial charge in [-0.15, -0.1) is 0 Å². The highest BCUT2D eigenvalue weighted by atomic mass is 16.5. The van der Waals surface area contributed by atoms with Gasteiger partial charge >= 0.3 is 5.97 Å². The standard InChI is InChI=1S/C30H23NO4/c1-35-30(34)20-13-8-14-21(17-20)31-28(32)26-22-15-16-23(27(26)29(31)33)25(22)24(18-9-4-2-5-10-18)19-11-6-3-7-12-19/h2-17,22-23,26-27H,1H3/t22-,23-,26-,27-/m0/s1.